The topological polar surface area (TPSA) is 58.7 Å². The van der Waals surface area contributed by atoms with E-state index >= 15 is 0 Å². The van der Waals surface area contributed by atoms with Crippen molar-refractivity contribution in [2.45, 2.75) is 70.8 Å². The molecule has 0 aliphatic carbocycles. The van der Waals surface area contributed by atoms with Crippen LogP contribution in [0.2, 0.25) is 0 Å². The maximum absolute atomic E-state index is 13.3. The first-order valence-electron chi connectivity index (χ1n) is 11.6. The van der Waals surface area contributed by atoms with E-state index in [9.17, 15) is 31.4 Å². The number of nitrogens with zero attached hydrogens (tertiary/aromatic N) is 2. The van der Waals surface area contributed by atoms with Gasteiger partial charge in [0.1, 0.15) is 17.2 Å². The number of aryl methyl sites for hydroxylation is 1. The highest BCUT2D eigenvalue weighted by Crippen LogP contribution is 2.51. The van der Waals surface area contributed by atoms with Gasteiger partial charge in [-0.1, -0.05) is 12.1 Å². The third kappa shape index (κ3) is 4.88. The molecule has 5 nitrogen and oxygen atoms in total. The normalized spacial score (nSPS) is 16.4. The van der Waals surface area contributed by atoms with Crippen molar-refractivity contribution in [2.75, 3.05) is 4.90 Å². The second kappa shape index (κ2) is 9.27. The van der Waals surface area contributed by atoms with Gasteiger partial charge in [-0.2, -0.15) is 26.3 Å². The van der Waals surface area contributed by atoms with E-state index in [1.165, 1.54) is 6.07 Å². The summed E-state index contributed by atoms with van der Waals surface area (Å²) in [4.78, 5) is 6.42. The Hall–Kier alpha value is -3.21. The van der Waals surface area contributed by atoms with Crippen molar-refractivity contribution in [3.8, 4) is 17.2 Å². The van der Waals surface area contributed by atoms with Crippen LogP contribution < -0.4 is 9.64 Å². The maximum atomic E-state index is 13.3. The van der Waals surface area contributed by atoms with Gasteiger partial charge in [-0.15, -0.1) is 0 Å². The quantitative estimate of drug-likeness (QED) is 0.361. The number of anilines is 1. The minimum atomic E-state index is -5.93. The first-order chi connectivity index (χ1) is 17.1. The van der Waals surface area contributed by atoms with Crippen LogP contribution in [0, 0.1) is 6.92 Å². The molecule has 37 heavy (non-hydrogen) atoms. The Morgan fingerprint density at radius 3 is 2.24 bits per heavy atom. The molecule has 0 spiro atoms. The van der Waals surface area contributed by atoms with Gasteiger partial charge in [0.05, 0.1) is 12.6 Å². The number of oxazole rings is 1. The number of aliphatic hydroxyl groups is 1. The van der Waals surface area contributed by atoms with Crippen molar-refractivity contribution < 1.29 is 40.6 Å². The number of benzene rings is 2. The molecule has 1 unspecified atom stereocenters. The number of alkyl halides is 6. The van der Waals surface area contributed by atoms with Crippen molar-refractivity contribution in [1.82, 2.24) is 4.98 Å². The van der Waals surface area contributed by atoms with Gasteiger partial charge in [0.25, 0.3) is 5.60 Å². The molecule has 3 aromatic rings. The van der Waals surface area contributed by atoms with E-state index in [0.717, 1.165) is 11.6 Å². The van der Waals surface area contributed by atoms with Crippen molar-refractivity contribution in [2.24, 2.45) is 0 Å². The first-order valence-corrected chi connectivity index (χ1v) is 11.6. The van der Waals surface area contributed by atoms with E-state index in [0.29, 0.717) is 34.8 Å². The molecule has 4 rings (SSSR count). The molecule has 0 bridgehead atoms. The first kappa shape index (κ1) is 26.8. The molecule has 1 aliphatic heterocycles. The predicted octanol–water partition coefficient (Wildman–Crippen LogP) is 6.70. The molecule has 1 N–H and O–H groups in total. The Balaban J connectivity index is 1.60. The third-order valence-electron chi connectivity index (χ3n) is 6.36. The second-order valence-corrected chi connectivity index (χ2v) is 9.44. The molecule has 1 aliphatic rings. The number of halogens is 6. The minimum Gasteiger partial charge on any atom is -0.491 e. The number of hydrogen-bond donors (Lipinski definition) is 1. The van der Waals surface area contributed by atoms with E-state index in [-0.39, 0.29) is 30.7 Å². The van der Waals surface area contributed by atoms with Crippen LogP contribution in [-0.2, 0) is 18.6 Å². The molecule has 2 aromatic carbocycles. The molecule has 0 saturated heterocycles. The molecule has 0 saturated carbocycles. The maximum Gasteiger partial charge on any atom is 0.430 e. The lowest BCUT2D eigenvalue weighted by Gasteiger charge is -2.33. The van der Waals surface area contributed by atoms with Gasteiger partial charge in [0.15, 0.2) is 0 Å². The highest BCUT2D eigenvalue weighted by atomic mass is 19.4. The van der Waals surface area contributed by atoms with Crippen LogP contribution in [0.4, 0.5) is 32.0 Å². The molecule has 0 amide bonds. The Bertz CT molecular complexity index is 1250. The van der Waals surface area contributed by atoms with E-state index in [4.69, 9.17) is 9.15 Å². The largest absolute Gasteiger partial charge is 0.491 e. The van der Waals surface area contributed by atoms with Gasteiger partial charge in [-0.25, -0.2) is 4.98 Å². The van der Waals surface area contributed by atoms with Crippen LogP contribution in [0.15, 0.2) is 46.9 Å². The lowest BCUT2D eigenvalue weighted by atomic mass is 9.90. The third-order valence-corrected chi connectivity index (χ3v) is 6.36. The van der Waals surface area contributed by atoms with Gasteiger partial charge < -0.3 is 19.2 Å². The average molecular weight is 528 g/mol. The zero-order valence-corrected chi connectivity index (χ0v) is 20.5. The van der Waals surface area contributed by atoms with Crippen LogP contribution in [-0.4, -0.2) is 34.6 Å². The highest BCUT2D eigenvalue weighted by molar-refractivity contribution is 5.62. The Kier molecular flexibility index (Phi) is 6.72. The van der Waals surface area contributed by atoms with E-state index in [1.807, 2.05) is 37.8 Å². The minimum absolute atomic E-state index is 0.0264. The Labute approximate surface area is 209 Å². The van der Waals surface area contributed by atoms with Gasteiger partial charge in [-0.3, -0.25) is 0 Å². The van der Waals surface area contributed by atoms with Crippen molar-refractivity contribution in [3.05, 3.63) is 65.0 Å². The standard InChI is InChI=1S/C26H26F6N2O3/c1-14(2)36-20-8-5-17(6-9-20)23-33-21(16(4)37-23)13-34-15(3)11-18-12-19(7-10-22(18)34)24(35,25(27,28)29)26(30,31)32/h5-10,12,14-15,35H,11,13H2,1-4H3. The molecule has 1 atom stereocenters. The summed E-state index contributed by atoms with van der Waals surface area (Å²) in [7, 11) is 0. The number of ether oxygens (including phenoxy) is 1. The van der Waals surface area contributed by atoms with Crippen LogP contribution in [0.5, 0.6) is 5.75 Å². The summed E-state index contributed by atoms with van der Waals surface area (Å²) in [5.74, 6) is 1.62. The second-order valence-electron chi connectivity index (χ2n) is 9.44. The lowest BCUT2D eigenvalue weighted by Crippen LogP contribution is -2.53. The van der Waals surface area contributed by atoms with Crippen molar-refractivity contribution in [1.29, 1.82) is 0 Å². The van der Waals surface area contributed by atoms with E-state index in [2.05, 4.69) is 4.98 Å². The number of rotatable bonds is 6. The van der Waals surface area contributed by atoms with Gasteiger partial charge in [0.2, 0.25) is 5.89 Å². The van der Waals surface area contributed by atoms with E-state index in [1.54, 1.807) is 19.1 Å². The fourth-order valence-corrected chi connectivity index (χ4v) is 4.46. The lowest BCUT2D eigenvalue weighted by molar-refractivity contribution is -0.376. The molecule has 0 radical (unpaired) electrons. The monoisotopic (exact) mass is 528 g/mol. The molecule has 1 aromatic heterocycles. The summed E-state index contributed by atoms with van der Waals surface area (Å²) in [6.45, 7) is 7.62. The fourth-order valence-electron chi connectivity index (χ4n) is 4.46. The van der Waals surface area contributed by atoms with Gasteiger partial charge in [-0.05, 0) is 70.0 Å². The Morgan fingerprint density at radius 1 is 1.05 bits per heavy atom. The predicted molar refractivity (Wildman–Crippen MR) is 124 cm³/mol. The molecule has 0 fully saturated rings. The zero-order valence-electron chi connectivity index (χ0n) is 20.5. The summed E-state index contributed by atoms with van der Waals surface area (Å²) in [5.41, 5.74) is -4.16. The summed E-state index contributed by atoms with van der Waals surface area (Å²) in [5, 5.41) is 9.77. The van der Waals surface area contributed by atoms with Crippen LogP contribution in [0.25, 0.3) is 11.5 Å². The van der Waals surface area contributed by atoms with Gasteiger partial charge in [0, 0.05) is 22.9 Å². The molecule has 2 heterocycles. The van der Waals surface area contributed by atoms with E-state index < -0.39 is 23.5 Å². The fraction of sp³-hybridized carbons (Fsp3) is 0.423. The van der Waals surface area contributed by atoms with Crippen molar-refractivity contribution in [3.63, 3.8) is 0 Å². The Morgan fingerprint density at radius 2 is 1.68 bits per heavy atom. The molecule has 200 valence electrons. The van der Waals surface area contributed by atoms with Crippen LogP contribution >= 0.6 is 0 Å². The zero-order chi connectivity index (χ0) is 27.3. The smallest absolute Gasteiger partial charge is 0.430 e. The number of hydrogen-bond acceptors (Lipinski definition) is 5. The molecule has 11 heteroatoms. The summed E-state index contributed by atoms with van der Waals surface area (Å²) in [6.07, 6.45) is -11.6. The van der Waals surface area contributed by atoms with Gasteiger partial charge >= 0.3 is 12.4 Å². The van der Waals surface area contributed by atoms with Crippen LogP contribution in [0.1, 0.15) is 43.4 Å². The summed E-state index contributed by atoms with van der Waals surface area (Å²) >= 11 is 0. The average Bonchev–Trinajstić information content (AvgIpc) is 3.30. The number of fused-ring (bicyclic) bond motifs is 1. The highest BCUT2D eigenvalue weighted by Gasteiger charge is 2.71. The molecular formula is C26H26F6N2O3. The summed E-state index contributed by atoms with van der Waals surface area (Å²) in [6, 6.07) is 9.63. The molecular weight excluding hydrogens is 502 g/mol. The SMILES string of the molecule is Cc1oc(-c2ccc(OC(C)C)cc2)nc1CN1c2ccc(C(O)(C(F)(F)F)C(F)(F)F)cc2CC1C. The summed E-state index contributed by atoms with van der Waals surface area (Å²) < 4.78 is 91.5. The van der Waals surface area contributed by atoms with Crippen LogP contribution in [0.3, 0.4) is 0 Å². The number of aromatic nitrogens is 1. The van der Waals surface area contributed by atoms with Crippen molar-refractivity contribution >= 4 is 5.69 Å².